The number of rotatable bonds is 6. The average molecular weight is 249 g/mol. The van der Waals surface area contributed by atoms with Crippen molar-refractivity contribution < 1.29 is 9.90 Å². The van der Waals surface area contributed by atoms with E-state index in [2.05, 4.69) is 43.4 Å². The number of benzene rings is 1. The van der Waals surface area contributed by atoms with Gasteiger partial charge in [-0.25, -0.2) is 0 Å². The van der Waals surface area contributed by atoms with Gasteiger partial charge in [-0.2, -0.15) is 0 Å². The third kappa shape index (κ3) is 4.15. The lowest BCUT2D eigenvalue weighted by atomic mass is 10.0. The van der Waals surface area contributed by atoms with E-state index in [0.29, 0.717) is 12.5 Å². The SMILES string of the molecule is CC(C)c1ccc(CNC(C(=O)O)C(C)C)cc1. The number of hydrogen-bond acceptors (Lipinski definition) is 2. The summed E-state index contributed by atoms with van der Waals surface area (Å²) in [7, 11) is 0. The van der Waals surface area contributed by atoms with E-state index in [1.54, 1.807) is 0 Å². The Balaban J connectivity index is 2.60. The third-order valence-corrected chi connectivity index (χ3v) is 3.11. The molecule has 0 aromatic heterocycles. The van der Waals surface area contributed by atoms with Gasteiger partial charge in [-0.3, -0.25) is 4.79 Å². The lowest BCUT2D eigenvalue weighted by molar-refractivity contribution is -0.140. The molecule has 0 saturated heterocycles. The maximum atomic E-state index is 11.0. The normalized spacial score (nSPS) is 13.0. The minimum absolute atomic E-state index is 0.0810. The zero-order chi connectivity index (χ0) is 13.7. The molecule has 100 valence electrons. The molecule has 1 unspecified atom stereocenters. The first-order valence-electron chi connectivity index (χ1n) is 6.46. The molecule has 1 aromatic rings. The van der Waals surface area contributed by atoms with Gasteiger partial charge in [0.15, 0.2) is 0 Å². The number of carboxylic acid groups (broad SMARTS) is 1. The van der Waals surface area contributed by atoms with Crippen LogP contribution in [0.2, 0.25) is 0 Å². The van der Waals surface area contributed by atoms with Gasteiger partial charge in [0.1, 0.15) is 6.04 Å². The average Bonchev–Trinajstić information content (AvgIpc) is 2.28. The second-order valence-corrected chi connectivity index (χ2v) is 5.34. The molecule has 1 rings (SSSR count). The molecule has 1 aromatic carbocycles. The number of carboxylic acids is 1. The van der Waals surface area contributed by atoms with Crippen LogP contribution in [0.15, 0.2) is 24.3 Å². The lowest BCUT2D eigenvalue weighted by Gasteiger charge is -2.18. The van der Waals surface area contributed by atoms with Crippen molar-refractivity contribution in [3.05, 3.63) is 35.4 Å². The molecule has 3 heteroatoms. The van der Waals surface area contributed by atoms with Crippen molar-refractivity contribution in [1.82, 2.24) is 5.32 Å². The Labute approximate surface area is 109 Å². The predicted molar refractivity (Wildman–Crippen MR) is 73.6 cm³/mol. The van der Waals surface area contributed by atoms with Gasteiger partial charge in [-0.05, 0) is 23.0 Å². The van der Waals surface area contributed by atoms with Crippen molar-refractivity contribution in [3.63, 3.8) is 0 Å². The fraction of sp³-hybridized carbons (Fsp3) is 0.533. The second-order valence-electron chi connectivity index (χ2n) is 5.34. The Morgan fingerprint density at radius 3 is 2.11 bits per heavy atom. The quantitative estimate of drug-likeness (QED) is 0.814. The molecule has 0 spiro atoms. The number of carbonyl (C=O) groups is 1. The smallest absolute Gasteiger partial charge is 0.320 e. The van der Waals surface area contributed by atoms with Crippen LogP contribution < -0.4 is 5.32 Å². The molecule has 0 saturated carbocycles. The Morgan fingerprint density at radius 2 is 1.72 bits per heavy atom. The highest BCUT2D eigenvalue weighted by atomic mass is 16.4. The fourth-order valence-electron chi connectivity index (χ4n) is 1.86. The number of nitrogens with one attached hydrogen (secondary N) is 1. The van der Waals surface area contributed by atoms with Crippen molar-refractivity contribution in [2.45, 2.75) is 46.2 Å². The van der Waals surface area contributed by atoms with E-state index in [1.165, 1.54) is 5.56 Å². The molecule has 0 aliphatic rings. The first-order chi connectivity index (χ1) is 8.41. The van der Waals surface area contributed by atoms with Gasteiger partial charge in [0, 0.05) is 6.54 Å². The molecule has 0 heterocycles. The van der Waals surface area contributed by atoms with Crippen molar-refractivity contribution in [3.8, 4) is 0 Å². The van der Waals surface area contributed by atoms with E-state index in [1.807, 2.05) is 13.8 Å². The van der Waals surface area contributed by atoms with Gasteiger partial charge in [-0.1, -0.05) is 52.0 Å². The Bertz CT molecular complexity index is 382. The van der Waals surface area contributed by atoms with E-state index in [-0.39, 0.29) is 5.92 Å². The van der Waals surface area contributed by atoms with Crippen LogP contribution in [0.5, 0.6) is 0 Å². The maximum absolute atomic E-state index is 11.0. The van der Waals surface area contributed by atoms with Crippen LogP contribution in [0.25, 0.3) is 0 Å². The molecule has 0 bridgehead atoms. The molecular formula is C15H23NO2. The second kappa shape index (κ2) is 6.55. The third-order valence-electron chi connectivity index (χ3n) is 3.11. The van der Waals surface area contributed by atoms with Crippen LogP contribution in [-0.2, 0) is 11.3 Å². The zero-order valence-electron chi connectivity index (χ0n) is 11.6. The molecule has 18 heavy (non-hydrogen) atoms. The topological polar surface area (TPSA) is 49.3 Å². The summed E-state index contributed by atoms with van der Waals surface area (Å²) in [5, 5.41) is 12.2. The summed E-state index contributed by atoms with van der Waals surface area (Å²) >= 11 is 0. The summed E-state index contributed by atoms with van der Waals surface area (Å²) in [6, 6.07) is 7.83. The van der Waals surface area contributed by atoms with Crippen LogP contribution in [0, 0.1) is 5.92 Å². The first-order valence-corrected chi connectivity index (χ1v) is 6.46. The minimum atomic E-state index is -0.788. The molecule has 1 atom stereocenters. The van der Waals surface area contributed by atoms with Gasteiger partial charge in [0.05, 0.1) is 0 Å². The van der Waals surface area contributed by atoms with E-state index >= 15 is 0 Å². The summed E-state index contributed by atoms with van der Waals surface area (Å²) in [6.45, 7) is 8.73. The van der Waals surface area contributed by atoms with Gasteiger partial charge < -0.3 is 10.4 Å². The molecule has 0 amide bonds. The standard InChI is InChI=1S/C15H23NO2/c1-10(2)13-7-5-12(6-8-13)9-16-14(11(3)4)15(17)18/h5-8,10-11,14,16H,9H2,1-4H3,(H,17,18). The largest absolute Gasteiger partial charge is 0.480 e. The van der Waals surface area contributed by atoms with Crippen LogP contribution in [-0.4, -0.2) is 17.1 Å². The molecule has 0 aliphatic heterocycles. The maximum Gasteiger partial charge on any atom is 0.320 e. The highest BCUT2D eigenvalue weighted by molar-refractivity contribution is 5.73. The minimum Gasteiger partial charge on any atom is -0.480 e. The molecule has 3 nitrogen and oxygen atoms in total. The molecule has 2 N–H and O–H groups in total. The molecular weight excluding hydrogens is 226 g/mol. The van der Waals surface area contributed by atoms with Gasteiger partial charge >= 0.3 is 5.97 Å². The zero-order valence-corrected chi connectivity index (χ0v) is 11.6. The van der Waals surface area contributed by atoms with Crippen molar-refractivity contribution in [2.24, 2.45) is 5.92 Å². The summed E-state index contributed by atoms with van der Waals surface area (Å²) in [4.78, 5) is 11.0. The van der Waals surface area contributed by atoms with Crippen LogP contribution in [0.4, 0.5) is 0 Å². The van der Waals surface area contributed by atoms with Crippen LogP contribution in [0.3, 0.4) is 0 Å². The van der Waals surface area contributed by atoms with Crippen molar-refractivity contribution in [2.75, 3.05) is 0 Å². The number of aliphatic carboxylic acids is 1. The Kier molecular flexibility index (Phi) is 5.35. The predicted octanol–water partition coefficient (Wildman–Crippen LogP) is 3.01. The van der Waals surface area contributed by atoms with E-state index in [4.69, 9.17) is 5.11 Å². The fourth-order valence-corrected chi connectivity index (χ4v) is 1.86. The highest BCUT2D eigenvalue weighted by Gasteiger charge is 2.20. The van der Waals surface area contributed by atoms with Gasteiger partial charge in [0.25, 0.3) is 0 Å². The Morgan fingerprint density at radius 1 is 1.17 bits per heavy atom. The van der Waals surface area contributed by atoms with Crippen LogP contribution >= 0.6 is 0 Å². The first kappa shape index (κ1) is 14.7. The van der Waals surface area contributed by atoms with Crippen molar-refractivity contribution in [1.29, 1.82) is 0 Å². The van der Waals surface area contributed by atoms with E-state index in [9.17, 15) is 4.79 Å². The lowest BCUT2D eigenvalue weighted by Crippen LogP contribution is -2.40. The van der Waals surface area contributed by atoms with Crippen LogP contribution in [0.1, 0.15) is 44.7 Å². The summed E-state index contributed by atoms with van der Waals surface area (Å²) in [5.41, 5.74) is 2.42. The van der Waals surface area contributed by atoms with Gasteiger partial charge in [0.2, 0.25) is 0 Å². The Hall–Kier alpha value is -1.35. The van der Waals surface area contributed by atoms with Crippen molar-refractivity contribution >= 4 is 5.97 Å². The van der Waals surface area contributed by atoms with E-state index in [0.717, 1.165) is 5.56 Å². The van der Waals surface area contributed by atoms with E-state index < -0.39 is 12.0 Å². The monoisotopic (exact) mass is 249 g/mol. The number of hydrogen-bond donors (Lipinski definition) is 2. The van der Waals surface area contributed by atoms with Gasteiger partial charge in [-0.15, -0.1) is 0 Å². The summed E-state index contributed by atoms with van der Waals surface area (Å²) < 4.78 is 0. The molecule has 0 fully saturated rings. The summed E-state index contributed by atoms with van der Waals surface area (Å²) in [6.07, 6.45) is 0. The highest BCUT2D eigenvalue weighted by Crippen LogP contribution is 2.14. The molecule has 0 aliphatic carbocycles. The summed E-state index contributed by atoms with van der Waals surface area (Å²) in [5.74, 6) is -0.185. The molecule has 0 radical (unpaired) electrons.